The van der Waals surface area contributed by atoms with Crippen molar-refractivity contribution in [3.05, 3.63) is 29.8 Å². The molecular weight excluding hydrogens is 298 g/mol. The first-order chi connectivity index (χ1) is 11.4. The second kappa shape index (κ2) is 9.43. The highest BCUT2D eigenvalue weighted by Gasteiger charge is 2.17. The van der Waals surface area contributed by atoms with Gasteiger partial charge in [-0.1, -0.05) is 50.3 Å². The van der Waals surface area contributed by atoms with Crippen molar-refractivity contribution in [3.8, 4) is 5.75 Å². The van der Waals surface area contributed by atoms with Crippen LogP contribution in [0, 0.1) is 5.92 Å². The molecule has 1 atom stereocenters. The summed E-state index contributed by atoms with van der Waals surface area (Å²) in [6.45, 7) is 7.31. The van der Waals surface area contributed by atoms with Gasteiger partial charge in [-0.25, -0.2) is 0 Å². The first kappa shape index (κ1) is 19.3. The Labute approximate surface area is 147 Å². The fourth-order valence-electron chi connectivity index (χ4n) is 3.49. The average Bonchev–Trinajstić information content (AvgIpc) is 2.54. The summed E-state index contributed by atoms with van der Waals surface area (Å²) in [6, 6.07) is 8.75. The van der Waals surface area contributed by atoms with E-state index in [1.54, 1.807) is 0 Å². The predicted octanol–water partition coefficient (Wildman–Crippen LogP) is 4.67. The second-order valence-corrected chi connectivity index (χ2v) is 8.04. The van der Waals surface area contributed by atoms with Crippen LogP contribution in [-0.4, -0.2) is 23.4 Å². The standard InChI is InChI=1S/C21H35NO2/c1-17(15-18-9-5-4-6-10-18)22-16-19-11-7-8-12-20(19)24-14-13-21(2,3)23/h7-8,11-12,17-18,22-23H,4-6,9-10,13-16H2,1-3H3. The smallest absolute Gasteiger partial charge is 0.123 e. The summed E-state index contributed by atoms with van der Waals surface area (Å²) in [5.74, 6) is 1.83. The third-order valence-electron chi connectivity index (χ3n) is 5.00. The molecule has 0 aromatic heterocycles. The maximum Gasteiger partial charge on any atom is 0.123 e. The van der Waals surface area contributed by atoms with Crippen LogP contribution in [0.5, 0.6) is 5.75 Å². The van der Waals surface area contributed by atoms with Crippen LogP contribution in [0.4, 0.5) is 0 Å². The van der Waals surface area contributed by atoms with Gasteiger partial charge >= 0.3 is 0 Å². The molecule has 0 saturated heterocycles. The van der Waals surface area contributed by atoms with E-state index in [4.69, 9.17) is 4.74 Å². The van der Waals surface area contributed by atoms with Crippen molar-refractivity contribution < 1.29 is 9.84 Å². The molecule has 2 rings (SSSR count). The molecule has 1 aromatic rings. The molecule has 0 radical (unpaired) electrons. The van der Waals surface area contributed by atoms with Crippen molar-refractivity contribution in [3.63, 3.8) is 0 Å². The monoisotopic (exact) mass is 333 g/mol. The maximum atomic E-state index is 9.80. The number of aliphatic hydroxyl groups is 1. The van der Waals surface area contributed by atoms with E-state index in [2.05, 4.69) is 24.4 Å². The van der Waals surface area contributed by atoms with E-state index in [0.29, 0.717) is 19.1 Å². The van der Waals surface area contributed by atoms with Crippen molar-refractivity contribution >= 4 is 0 Å². The largest absolute Gasteiger partial charge is 0.493 e. The van der Waals surface area contributed by atoms with Gasteiger partial charge in [-0.2, -0.15) is 0 Å². The summed E-state index contributed by atoms with van der Waals surface area (Å²) in [4.78, 5) is 0. The summed E-state index contributed by atoms with van der Waals surface area (Å²) >= 11 is 0. The van der Waals surface area contributed by atoms with Crippen molar-refractivity contribution in [2.75, 3.05) is 6.61 Å². The second-order valence-electron chi connectivity index (χ2n) is 8.04. The number of ether oxygens (including phenoxy) is 1. The van der Waals surface area contributed by atoms with Crippen LogP contribution in [0.15, 0.2) is 24.3 Å². The zero-order valence-electron chi connectivity index (χ0n) is 15.7. The quantitative estimate of drug-likeness (QED) is 0.690. The SMILES string of the molecule is CC(CC1CCCCC1)NCc1ccccc1OCCC(C)(C)O. The average molecular weight is 334 g/mol. The van der Waals surface area contributed by atoms with Gasteiger partial charge < -0.3 is 15.2 Å². The van der Waals surface area contributed by atoms with Gasteiger partial charge in [-0.3, -0.25) is 0 Å². The minimum Gasteiger partial charge on any atom is -0.493 e. The number of benzene rings is 1. The van der Waals surface area contributed by atoms with Crippen molar-refractivity contribution in [2.24, 2.45) is 5.92 Å². The predicted molar refractivity (Wildman–Crippen MR) is 100 cm³/mol. The van der Waals surface area contributed by atoms with Gasteiger partial charge in [0.05, 0.1) is 12.2 Å². The van der Waals surface area contributed by atoms with Crippen LogP contribution in [0.25, 0.3) is 0 Å². The molecule has 0 heterocycles. The van der Waals surface area contributed by atoms with E-state index in [0.717, 1.165) is 18.2 Å². The Morgan fingerprint density at radius 1 is 1.21 bits per heavy atom. The maximum absolute atomic E-state index is 9.80. The van der Waals surface area contributed by atoms with Gasteiger partial charge in [0.1, 0.15) is 5.75 Å². The molecule has 0 bridgehead atoms. The fourth-order valence-corrected chi connectivity index (χ4v) is 3.49. The minimum absolute atomic E-state index is 0.539. The molecule has 1 aromatic carbocycles. The molecule has 1 aliphatic carbocycles. The van der Waals surface area contributed by atoms with Gasteiger partial charge in [0, 0.05) is 24.6 Å². The molecule has 3 nitrogen and oxygen atoms in total. The number of hydrogen-bond donors (Lipinski definition) is 2. The van der Waals surface area contributed by atoms with Crippen LogP contribution in [0.3, 0.4) is 0 Å². The Bertz CT molecular complexity index is 475. The fraction of sp³-hybridized carbons (Fsp3) is 0.714. The third-order valence-corrected chi connectivity index (χ3v) is 5.00. The van der Waals surface area contributed by atoms with Crippen molar-refractivity contribution in [1.29, 1.82) is 0 Å². The van der Waals surface area contributed by atoms with Crippen molar-refractivity contribution in [2.45, 2.75) is 83.9 Å². The van der Waals surface area contributed by atoms with Gasteiger partial charge in [0.2, 0.25) is 0 Å². The summed E-state index contributed by atoms with van der Waals surface area (Å²) in [5.41, 5.74) is 0.519. The number of rotatable bonds is 9. The van der Waals surface area contributed by atoms with E-state index in [-0.39, 0.29) is 0 Å². The summed E-state index contributed by atoms with van der Waals surface area (Å²) < 4.78 is 5.90. The number of nitrogens with one attached hydrogen (secondary N) is 1. The van der Waals surface area contributed by atoms with E-state index in [1.165, 1.54) is 44.1 Å². The van der Waals surface area contributed by atoms with Crippen molar-refractivity contribution in [1.82, 2.24) is 5.32 Å². The lowest BCUT2D eigenvalue weighted by Crippen LogP contribution is -2.28. The van der Waals surface area contributed by atoms with Gasteiger partial charge in [0.25, 0.3) is 0 Å². The zero-order chi connectivity index (χ0) is 17.4. The number of hydrogen-bond acceptors (Lipinski definition) is 3. The Hall–Kier alpha value is -1.06. The van der Waals surface area contributed by atoms with E-state index in [1.807, 2.05) is 26.0 Å². The summed E-state index contributed by atoms with van der Waals surface area (Å²) in [7, 11) is 0. The first-order valence-corrected chi connectivity index (χ1v) is 9.60. The minimum atomic E-state index is -0.679. The molecule has 3 heteroatoms. The van der Waals surface area contributed by atoms with Crippen LogP contribution < -0.4 is 10.1 Å². The van der Waals surface area contributed by atoms with E-state index < -0.39 is 5.60 Å². The Morgan fingerprint density at radius 2 is 1.92 bits per heavy atom. The highest BCUT2D eigenvalue weighted by molar-refractivity contribution is 5.33. The van der Waals surface area contributed by atoms with Crippen LogP contribution in [0.1, 0.15) is 71.3 Å². The molecule has 0 spiro atoms. The lowest BCUT2D eigenvalue weighted by Gasteiger charge is -2.25. The molecule has 136 valence electrons. The van der Waals surface area contributed by atoms with Gasteiger partial charge in [-0.05, 0) is 39.2 Å². The van der Waals surface area contributed by atoms with E-state index >= 15 is 0 Å². The lowest BCUT2D eigenvalue weighted by molar-refractivity contribution is 0.0552. The van der Waals surface area contributed by atoms with Gasteiger partial charge in [-0.15, -0.1) is 0 Å². The summed E-state index contributed by atoms with van der Waals surface area (Å²) in [6.07, 6.45) is 8.97. The molecule has 1 fully saturated rings. The lowest BCUT2D eigenvalue weighted by atomic mass is 9.85. The molecule has 1 aliphatic rings. The van der Waals surface area contributed by atoms with Crippen LogP contribution in [0.2, 0.25) is 0 Å². The zero-order valence-corrected chi connectivity index (χ0v) is 15.7. The first-order valence-electron chi connectivity index (χ1n) is 9.60. The molecule has 1 saturated carbocycles. The molecule has 0 amide bonds. The topological polar surface area (TPSA) is 41.5 Å². The summed E-state index contributed by atoms with van der Waals surface area (Å²) in [5, 5.41) is 13.5. The highest BCUT2D eigenvalue weighted by atomic mass is 16.5. The molecule has 24 heavy (non-hydrogen) atoms. The molecular formula is C21H35NO2. The van der Waals surface area contributed by atoms with E-state index in [9.17, 15) is 5.11 Å². The van der Waals surface area contributed by atoms with Gasteiger partial charge in [0.15, 0.2) is 0 Å². The highest BCUT2D eigenvalue weighted by Crippen LogP contribution is 2.27. The molecule has 1 unspecified atom stereocenters. The Morgan fingerprint density at radius 3 is 2.62 bits per heavy atom. The third kappa shape index (κ3) is 7.23. The number of para-hydroxylation sites is 1. The molecule has 2 N–H and O–H groups in total. The van der Waals surface area contributed by atoms with Crippen LogP contribution >= 0.6 is 0 Å². The molecule has 0 aliphatic heterocycles. The Kier molecular flexibility index (Phi) is 7.57. The Balaban J connectivity index is 1.78. The normalized spacial score (nSPS) is 17.7. The van der Waals surface area contributed by atoms with Crippen LogP contribution in [-0.2, 0) is 6.54 Å².